The van der Waals surface area contributed by atoms with Gasteiger partial charge in [0.15, 0.2) is 11.5 Å². The van der Waals surface area contributed by atoms with Gasteiger partial charge < -0.3 is 14.8 Å². The van der Waals surface area contributed by atoms with Crippen molar-refractivity contribution in [2.75, 3.05) is 18.5 Å². The number of halogens is 4. The SMILES string of the molecule is CCOc1ccc(NC(=O)C(F)(F)C(F)F)cc1OCC. The zero-order chi connectivity index (χ0) is 16.0. The third-order valence-electron chi connectivity index (χ3n) is 2.38. The number of amides is 1. The number of nitrogens with one attached hydrogen (secondary N) is 1. The van der Waals surface area contributed by atoms with Crippen LogP contribution in [0.15, 0.2) is 18.2 Å². The molecule has 1 aromatic rings. The summed E-state index contributed by atoms with van der Waals surface area (Å²) in [6, 6.07) is 3.88. The third kappa shape index (κ3) is 4.24. The zero-order valence-corrected chi connectivity index (χ0v) is 11.5. The molecule has 0 heterocycles. The summed E-state index contributed by atoms with van der Waals surface area (Å²) in [5.74, 6) is -6.26. The predicted octanol–water partition coefficient (Wildman–Crippen LogP) is 3.32. The van der Waals surface area contributed by atoms with Crippen molar-refractivity contribution in [2.45, 2.75) is 26.2 Å². The number of anilines is 1. The minimum Gasteiger partial charge on any atom is -0.490 e. The Balaban J connectivity index is 2.94. The molecule has 0 radical (unpaired) electrons. The Bertz CT molecular complexity index is 494. The van der Waals surface area contributed by atoms with Crippen molar-refractivity contribution < 1.29 is 31.8 Å². The quantitative estimate of drug-likeness (QED) is 0.786. The molecular formula is C13H15F4NO3. The average molecular weight is 309 g/mol. The molecule has 0 bridgehead atoms. The predicted molar refractivity (Wildman–Crippen MR) is 68.4 cm³/mol. The fraction of sp³-hybridized carbons (Fsp3) is 0.462. The monoisotopic (exact) mass is 309 g/mol. The second-order valence-corrected chi connectivity index (χ2v) is 3.91. The summed E-state index contributed by atoms with van der Waals surface area (Å²) in [5, 5.41) is 1.73. The lowest BCUT2D eigenvalue weighted by molar-refractivity contribution is -0.163. The van der Waals surface area contributed by atoms with Crippen LogP contribution in [-0.4, -0.2) is 31.5 Å². The summed E-state index contributed by atoms with van der Waals surface area (Å²) < 4.78 is 60.3. The molecule has 1 amide bonds. The van der Waals surface area contributed by atoms with E-state index in [4.69, 9.17) is 9.47 Å². The Kier molecular flexibility index (Phi) is 5.80. The Morgan fingerprint density at radius 2 is 1.76 bits per heavy atom. The largest absolute Gasteiger partial charge is 0.490 e. The lowest BCUT2D eigenvalue weighted by Crippen LogP contribution is -2.40. The van der Waals surface area contributed by atoms with E-state index in [0.29, 0.717) is 12.4 Å². The second-order valence-electron chi connectivity index (χ2n) is 3.91. The van der Waals surface area contributed by atoms with Gasteiger partial charge >= 0.3 is 18.3 Å². The van der Waals surface area contributed by atoms with Crippen molar-refractivity contribution >= 4 is 11.6 Å². The molecule has 0 saturated heterocycles. The highest BCUT2D eigenvalue weighted by Gasteiger charge is 2.48. The van der Waals surface area contributed by atoms with Gasteiger partial charge in [-0.1, -0.05) is 0 Å². The van der Waals surface area contributed by atoms with Crippen LogP contribution >= 0.6 is 0 Å². The number of hydrogen-bond donors (Lipinski definition) is 1. The first-order valence-corrected chi connectivity index (χ1v) is 6.20. The summed E-state index contributed by atoms with van der Waals surface area (Å²) in [6.07, 6.45) is -4.08. The van der Waals surface area contributed by atoms with E-state index in [1.807, 2.05) is 0 Å². The number of carbonyl (C=O) groups excluding carboxylic acids is 1. The van der Waals surface area contributed by atoms with Crippen LogP contribution in [0.25, 0.3) is 0 Å². The van der Waals surface area contributed by atoms with Crippen molar-refractivity contribution in [3.8, 4) is 11.5 Å². The first kappa shape index (κ1) is 17.1. The fourth-order valence-corrected chi connectivity index (χ4v) is 1.44. The van der Waals surface area contributed by atoms with Gasteiger partial charge in [-0.15, -0.1) is 0 Å². The van der Waals surface area contributed by atoms with Crippen molar-refractivity contribution in [3.63, 3.8) is 0 Å². The third-order valence-corrected chi connectivity index (χ3v) is 2.38. The van der Waals surface area contributed by atoms with Crippen molar-refractivity contribution in [2.24, 2.45) is 0 Å². The molecule has 0 atom stereocenters. The summed E-state index contributed by atoms with van der Waals surface area (Å²) in [4.78, 5) is 11.1. The topological polar surface area (TPSA) is 47.6 Å². The van der Waals surface area contributed by atoms with E-state index in [1.54, 1.807) is 19.2 Å². The highest BCUT2D eigenvalue weighted by atomic mass is 19.3. The molecule has 118 valence electrons. The van der Waals surface area contributed by atoms with Gasteiger partial charge in [-0.05, 0) is 26.0 Å². The first-order chi connectivity index (χ1) is 9.82. The van der Waals surface area contributed by atoms with E-state index in [9.17, 15) is 22.4 Å². The molecule has 0 aliphatic carbocycles. The fourth-order valence-electron chi connectivity index (χ4n) is 1.44. The van der Waals surface area contributed by atoms with Gasteiger partial charge in [0.25, 0.3) is 0 Å². The summed E-state index contributed by atoms with van der Waals surface area (Å²) in [5.41, 5.74) is -0.0905. The highest BCUT2D eigenvalue weighted by molar-refractivity contribution is 5.96. The summed E-state index contributed by atoms with van der Waals surface area (Å²) in [6.45, 7) is 4.08. The number of alkyl halides is 4. The molecule has 1 N–H and O–H groups in total. The number of ether oxygens (including phenoxy) is 2. The van der Waals surface area contributed by atoms with Crippen LogP contribution in [0.3, 0.4) is 0 Å². The minimum absolute atomic E-state index is 0.0905. The van der Waals surface area contributed by atoms with Crippen LogP contribution < -0.4 is 14.8 Å². The molecule has 0 aromatic heterocycles. The normalized spacial score (nSPS) is 11.4. The zero-order valence-electron chi connectivity index (χ0n) is 11.5. The van der Waals surface area contributed by atoms with Crippen LogP contribution in [0.2, 0.25) is 0 Å². The van der Waals surface area contributed by atoms with Crippen LogP contribution in [0.4, 0.5) is 23.2 Å². The highest BCUT2D eigenvalue weighted by Crippen LogP contribution is 2.32. The van der Waals surface area contributed by atoms with E-state index >= 15 is 0 Å². The number of rotatable bonds is 7. The molecule has 0 aliphatic rings. The molecule has 4 nitrogen and oxygen atoms in total. The molecule has 1 rings (SSSR count). The number of carbonyl (C=O) groups is 1. The molecule has 1 aromatic carbocycles. The van der Waals surface area contributed by atoms with E-state index in [2.05, 4.69) is 0 Å². The molecule has 0 fully saturated rings. The van der Waals surface area contributed by atoms with Gasteiger partial charge in [-0.2, -0.15) is 8.78 Å². The standard InChI is InChI=1S/C13H15F4NO3/c1-3-20-9-6-5-8(7-10(9)21-4-2)18-12(19)13(16,17)11(14)15/h5-7,11H,3-4H2,1-2H3,(H,18,19). The van der Waals surface area contributed by atoms with Crippen LogP contribution in [0.5, 0.6) is 11.5 Å². The van der Waals surface area contributed by atoms with Gasteiger partial charge in [0, 0.05) is 11.8 Å². The molecular weight excluding hydrogens is 294 g/mol. The maximum atomic E-state index is 12.9. The molecule has 0 unspecified atom stereocenters. The summed E-state index contributed by atoms with van der Waals surface area (Å²) in [7, 11) is 0. The molecule has 0 aliphatic heterocycles. The van der Waals surface area contributed by atoms with Crippen molar-refractivity contribution in [1.82, 2.24) is 0 Å². The second kappa shape index (κ2) is 7.14. The molecule has 0 saturated carbocycles. The molecule has 21 heavy (non-hydrogen) atoms. The summed E-state index contributed by atoms with van der Waals surface area (Å²) >= 11 is 0. The Labute approximate surface area is 119 Å². The maximum Gasteiger partial charge on any atom is 0.383 e. The number of benzene rings is 1. The lowest BCUT2D eigenvalue weighted by atomic mass is 10.2. The maximum absolute atomic E-state index is 12.9. The van der Waals surface area contributed by atoms with Gasteiger partial charge in [-0.25, -0.2) is 8.78 Å². The lowest BCUT2D eigenvalue weighted by Gasteiger charge is -2.16. The van der Waals surface area contributed by atoms with Gasteiger partial charge in [0.2, 0.25) is 0 Å². The Hall–Kier alpha value is -1.99. The van der Waals surface area contributed by atoms with Crippen LogP contribution in [0.1, 0.15) is 13.8 Å². The van der Waals surface area contributed by atoms with E-state index in [0.717, 1.165) is 0 Å². The van der Waals surface area contributed by atoms with Crippen LogP contribution in [-0.2, 0) is 4.79 Å². The van der Waals surface area contributed by atoms with E-state index in [-0.39, 0.29) is 18.0 Å². The smallest absolute Gasteiger partial charge is 0.383 e. The molecule has 8 heteroatoms. The van der Waals surface area contributed by atoms with Crippen LogP contribution in [0, 0.1) is 0 Å². The average Bonchev–Trinajstić information content (AvgIpc) is 2.41. The Morgan fingerprint density at radius 1 is 1.19 bits per heavy atom. The van der Waals surface area contributed by atoms with Gasteiger partial charge in [0.05, 0.1) is 13.2 Å². The van der Waals surface area contributed by atoms with Crippen molar-refractivity contribution in [1.29, 1.82) is 0 Å². The number of hydrogen-bond acceptors (Lipinski definition) is 3. The Morgan fingerprint density at radius 3 is 2.29 bits per heavy atom. The minimum atomic E-state index is -4.76. The molecule has 0 spiro atoms. The van der Waals surface area contributed by atoms with Gasteiger partial charge in [0.1, 0.15) is 0 Å². The van der Waals surface area contributed by atoms with Gasteiger partial charge in [-0.3, -0.25) is 4.79 Å². The van der Waals surface area contributed by atoms with E-state index < -0.39 is 18.3 Å². The van der Waals surface area contributed by atoms with Crippen molar-refractivity contribution in [3.05, 3.63) is 18.2 Å². The first-order valence-electron chi connectivity index (χ1n) is 6.20. The van der Waals surface area contributed by atoms with E-state index in [1.165, 1.54) is 18.2 Å².